The zero-order valence-electron chi connectivity index (χ0n) is 18.4. The lowest BCUT2D eigenvalue weighted by molar-refractivity contribution is -0.127. The summed E-state index contributed by atoms with van der Waals surface area (Å²) >= 11 is 0. The van der Waals surface area contributed by atoms with Crippen molar-refractivity contribution in [2.24, 2.45) is 4.99 Å². The van der Waals surface area contributed by atoms with E-state index in [1.165, 1.54) is 11.0 Å². The minimum Gasteiger partial charge on any atom is -0.379 e. The number of likely N-dealkylation sites (N-methyl/N-ethyl adjacent to an activating group) is 1. The minimum absolute atomic E-state index is 0.0541. The Balaban J connectivity index is 1.50. The molecule has 0 saturated carbocycles. The fourth-order valence-corrected chi connectivity index (χ4v) is 3.47. The Hall–Kier alpha value is -2.65. The SMILES string of the molecule is CN(C)C(=O)CN=C(NCCCN1CCOCC1)NCCc1c[nH]c2ccc(F)cc12. The molecule has 0 bridgehead atoms. The van der Waals surface area contributed by atoms with Crippen LogP contribution in [-0.4, -0.2) is 93.2 Å². The molecule has 0 atom stereocenters. The van der Waals surface area contributed by atoms with Gasteiger partial charge in [-0.3, -0.25) is 9.69 Å². The maximum atomic E-state index is 13.6. The lowest BCUT2D eigenvalue weighted by atomic mass is 10.1. The lowest BCUT2D eigenvalue weighted by Crippen LogP contribution is -2.41. The summed E-state index contributed by atoms with van der Waals surface area (Å²) < 4.78 is 19.0. The van der Waals surface area contributed by atoms with Crippen molar-refractivity contribution in [1.82, 2.24) is 25.4 Å². The van der Waals surface area contributed by atoms with Crippen molar-refractivity contribution >= 4 is 22.8 Å². The molecule has 2 heterocycles. The number of carbonyl (C=O) groups is 1. The number of halogens is 1. The summed E-state index contributed by atoms with van der Waals surface area (Å²) in [5, 5.41) is 7.51. The van der Waals surface area contributed by atoms with Gasteiger partial charge < -0.3 is 25.3 Å². The Morgan fingerprint density at radius 2 is 2.03 bits per heavy atom. The molecule has 170 valence electrons. The van der Waals surface area contributed by atoms with Gasteiger partial charge in [0.2, 0.25) is 5.91 Å². The molecular formula is C22H33FN6O2. The van der Waals surface area contributed by atoms with Crippen LogP contribution in [-0.2, 0) is 16.0 Å². The van der Waals surface area contributed by atoms with Gasteiger partial charge in [-0.05, 0) is 43.1 Å². The monoisotopic (exact) mass is 432 g/mol. The van der Waals surface area contributed by atoms with Crippen molar-refractivity contribution in [3.05, 3.63) is 35.8 Å². The molecule has 0 spiro atoms. The number of benzene rings is 1. The Bertz CT molecular complexity index is 876. The molecular weight excluding hydrogens is 399 g/mol. The van der Waals surface area contributed by atoms with E-state index >= 15 is 0 Å². The van der Waals surface area contributed by atoms with Gasteiger partial charge in [0.1, 0.15) is 12.4 Å². The van der Waals surface area contributed by atoms with E-state index in [1.54, 1.807) is 26.2 Å². The number of hydrogen-bond acceptors (Lipinski definition) is 4. The molecule has 0 aliphatic carbocycles. The third kappa shape index (κ3) is 7.22. The Morgan fingerprint density at radius 1 is 1.26 bits per heavy atom. The van der Waals surface area contributed by atoms with E-state index in [0.29, 0.717) is 18.9 Å². The van der Waals surface area contributed by atoms with Crippen LogP contribution in [0.1, 0.15) is 12.0 Å². The van der Waals surface area contributed by atoms with Gasteiger partial charge in [-0.2, -0.15) is 0 Å². The highest BCUT2D eigenvalue weighted by Gasteiger charge is 2.10. The minimum atomic E-state index is -0.243. The highest BCUT2D eigenvalue weighted by molar-refractivity contribution is 5.85. The van der Waals surface area contributed by atoms with Gasteiger partial charge >= 0.3 is 0 Å². The van der Waals surface area contributed by atoms with Crippen LogP contribution in [0.4, 0.5) is 4.39 Å². The number of H-pyrrole nitrogens is 1. The van der Waals surface area contributed by atoms with Gasteiger partial charge in [0.25, 0.3) is 0 Å². The molecule has 1 amide bonds. The van der Waals surface area contributed by atoms with E-state index in [2.05, 4.69) is 25.5 Å². The van der Waals surface area contributed by atoms with Crippen LogP contribution in [0, 0.1) is 5.82 Å². The maximum Gasteiger partial charge on any atom is 0.243 e. The summed E-state index contributed by atoms with van der Waals surface area (Å²) in [6.45, 7) is 6.01. The number of nitrogens with one attached hydrogen (secondary N) is 3. The Morgan fingerprint density at radius 3 is 2.81 bits per heavy atom. The summed E-state index contributed by atoms with van der Waals surface area (Å²) in [5.74, 6) is 0.317. The fourth-order valence-electron chi connectivity index (χ4n) is 3.47. The Labute approximate surface area is 182 Å². The van der Waals surface area contributed by atoms with Gasteiger partial charge in [-0.25, -0.2) is 9.38 Å². The van der Waals surface area contributed by atoms with Crippen molar-refractivity contribution in [2.75, 3.05) is 66.6 Å². The molecule has 1 saturated heterocycles. The molecule has 31 heavy (non-hydrogen) atoms. The average molecular weight is 433 g/mol. The largest absolute Gasteiger partial charge is 0.379 e. The van der Waals surface area contributed by atoms with Gasteiger partial charge in [0.15, 0.2) is 5.96 Å². The highest BCUT2D eigenvalue weighted by Crippen LogP contribution is 2.19. The second-order valence-electron chi connectivity index (χ2n) is 7.87. The third-order valence-corrected chi connectivity index (χ3v) is 5.33. The summed E-state index contributed by atoms with van der Waals surface area (Å²) in [5.41, 5.74) is 1.96. The van der Waals surface area contributed by atoms with Gasteiger partial charge in [-0.1, -0.05) is 0 Å². The first-order chi connectivity index (χ1) is 15.0. The first kappa shape index (κ1) is 23.0. The summed E-state index contributed by atoms with van der Waals surface area (Å²) in [6.07, 6.45) is 3.59. The number of carbonyl (C=O) groups excluding carboxylic acids is 1. The standard InChI is InChI=1S/C22H33FN6O2/c1-28(2)21(30)16-27-22(24-7-3-9-29-10-12-31-13-11-29)25-8-6-17-15-26-20-5-4-18(23)14-19(17)20/h4-5,14-15,26H,3,6-13,16H2,1-2H3,(H2,24,25,27). The Kier molecular flexibility index (Phi) is 8.66. The number of hydrogen-bond donors (Lipinski definition) is 3. The van der Waals surface area contributed by atoms with E-state index < -0.39 is 0 Å². The molecule has 1 aromatic heterocycles. The number of rotatable bonds is 9. The van der Waals surface area contributed by atoms with Crippen LogP contribution >= 0.6 is 0 Å². The molecule has 1 aromatic carbocycles. The summed E-state index contributed by atoms with van der Waals surface area (Å²) in [7, 11) is 3.44. The number of aliphatic imine (C=N–C) groups is 1. The first-order valence-corrected chi connectivity index (χ1v) is 10.8. The van der Waals surface area contributed by atoms with Gasteiger partial charge in [0.05, 0.1) is 13.2 Å². The van der Waals surface area contributed by atoms with Crippen molar-refractivity contribution in [1.29, 1.82) is 0 Å². The molecule has 3 rings (SSSR count). The molecule has 0 unspecified atom stereocenters. The van der Waals surface area contributed by atoms with Crippen LogP contribution in [0.3, 0.4) is 0 Å². The quantitative estimate of drug-likeness (QED) is 0.315. The van der Waals surface area contributed by atoms with Crippen LogP contribution < -0.4 is 10.6 Å². The number of amides is 1. The number of morpholine rings is 1. The summed E-state index contributed by atoms with van der Waals surface area (Å²) in [4.78, 5) is 23.4. The van der Waals surface area contributed by atoms with E-state index in [-0.39, 0.29) is 18.3 Å². The van der Waals surface area contributed by atoms with Crippen molar-refractivity contribution in [3.63, 3.8) is 0 Å². The first-order valence-electron chi connectivity index (χ1n) is 10.8. The second kappa shape index (κ2) is 11.7. The maximum absolute atomic E-state index is 13.6. The van der Waals surface area contributed by atoms with E-state index in [1.807, 2.05) is 6.20 Å². The number of guanidine groups is 1. The van der Waals surface area contributed by atoms with Crippen LogP contribution in [0.25, 0.3) is 10.9 Å². The molecule has 1 aliphatic rings. The number of nitrogens with zero attached hydrogens (tertiary/aromatic N) is 3. The highest BCUT2D eigenvalue weighted by atomic mass is 19.1. The molecule has 9 heteroatoms. The lowest BCUT2D eigenvalue weighted by Gasteiger charge is -2.26. The molecule has 0 radical (unpaired) electrons. The number of aromatic nitrogens is 1. The van der Waals surface area contributed by atoms with Crippen LogP contribution in [0.15, 0.2) is 29.4 Å². The fraction of sp³-hybridized carbons (Fsp3) is 0.545. The third-order valence-electron chi connectivity index (χ3n) is 5.33. The van der Waals surface area contributed by atoms with Crippen molar-refractivity contribution in [3.8, 4) is 0 Å². The number of fused-ring (bicyclic) bond motifs is 1. The van der Waals surface area contributed by atoms with Crippen molar-refractivity contribution in [2.45, 2.75) is 12.8 Å². The second-order valence-corrected chi connectivity index (χ2v) is 7.87. The molecule has 1 aliphatic heterocycles. The van der Waals surface area contributed by atoms with Crippen molar-refractivity contribution < 1.29 is 13.9 Å². The van der Waals surface area contributed by atoms with Crippen LogP contribution in [0.5, 0.6) is 0 Å². The van der Waals surface area contributed by atoms with Gasteiger partial charge in [0, 0.05) is 57.4 Å². The molecule has 8 nitrogen and oxygen atoms in total. The van der Waals surface area contributed by atoms with E-state index in [4.69, 9.17) is 4.74 Å². The zero-order valence-corrected chi connectivity index (χ0v) is 18.4. The predicted molar refractivity (Wildman–Crippen MR) is 121 cm³/mol. The topological polar surface area (TPSA) is 85.0 Å². The van der Waals surface area contributed by atoms with Gasteiger partial charge in [-0.15, -0.1) is 0 Å². The predicted octanol–water partition coefficient (Wildman–Crippen LogP) is 1.20. The normalized spacial score (nSPS) is 15.3. The smallest absolute Gasteiger partial charge is 0.243 e. The summed E-state index contributed by atoms with van der Waals surface area (Å²) in [6, 6.07) is 4.75. The molecule has 2 aromatic rings. The van der Waals surface area contributed by atoms with E-state index in [0.717, 1.165) is 62.3 Å². The zero-order chi connectivity index (χ0) is 22.1. The number of ether oxygens (including phenoxy) is 1. The molecule has 1 fully saturated rings. The van der Waals surface area contributed by atoms with Crippen LogP contribution in [0.2, 0.25) is 0 Å². The van der Waals surface area contributed by atoms with E-state index in [9.17, 15) is 9.18 Å². The number of aromatic amines is 1. The molecule has 3 N–H and O–H groups in total. The average Bonchev–Trinajstić information content (AvgIpc) is 3.16.